The molecule has 2 aromatic rings. The van der Waals surface area contributed by atoms with Crippen LogP contribution in [0.2, 0.25) is 0 Å². The van der Waals surface area contributed by atoms with E-state index in [0.29, 0.717) is 39.3 Å². The summed E-state index contributed by atoms with van der Waals surface area (Å²) in [6.07, 6.45) is 6.03. The van der Waals surface area contributed by atoms with Crippen LogP contribution >= 0.6 is 0 Å². The summed E-state index contributed by atoms with van der Waals surface area (Å²) in [7, 11) is 1.97. The number of aromatic nitrogens is 1. The largest absolute Gasteiger partial charge is 0.459 e. The van der Waals surface area contributed by atoms with Gasteiger partial charge in [0, 0.05) is 45.2 Å². The van der Waals surface area contributed by atoms with E-state index in [-0.39, 0.29) is 24.1 Å². The molecule has 0 saturated heterocycles. The molecule has 0 N–H and O–H groups in total. The summed E-state index contributed by atoms with van der Waals surface area (Å²) in [6, 6.07) is 7.29. The lowest BCUT2D eigenvalue weighted by Crippen LogP contribution is -2.43. The van der Waals surface area contributed by atoms with Crippen molar-refractivity contribution in [3.63, 3.8) is 0 Å². The zero-order valence-electron chi connectivity index (χ0n) is 17.8. The summed E-state index contributed by atoms with van der Waals surface area (Å²) in [5, 5.41) is 0. The van der Waals surface area contributed by atoms with Crippen LogP contribution in [-0.4, -0.2) is 59.0 Å². The number of carbonyl (C=O) groups is 2. The topological polar surface area (TPSA) is 67.9 Å². The number of rotatable bonds is 13. The first-order valence-electron chi connectivity index (χ1n) is 10.3. The minimum Gasteiger partial charge on any atom is -0.459 e. The maximum absolute atomic E-state index is 13.1. The molecule has 2 aromatic heterocycles. The van der Waals surface area contributed by atoms with Crippen LogP contribution in [0.3, 0.4) is 0 Å². The molecular weight excluding hydrogens is 370 g/mol. The second kappa shape index (κ2) is 12.1. The highest BCUT2D eigenvalue weighted by molar-refractivity contribution is 5.94. The van der Waals surface area contributed by atoms with E-state index in [2.05, 4.69) is 6.92 Å². The molecule has 2 heterocycles. The monoisotopic (exact) mass is 403 g/mol. The Kier molecular flexibility index (Phi) is 9.50. The minimum absolute atomic E-state index is 0.0276. The molecule has 0 saturated carbocycles. The summed E-state index contributed by atoms with van der Waals surface area (Å²) < 4.78 is 12.7. The first-order chi connectivity index (χ1) is 14.1. The standard InChI is InChI=1S/C22H33N3O4/c1-4-6-13-24(17-19-10-7-12-23(19)3)21(26)18-25(14-9-15-28-5-2)22(27)20-11-8-16-29-20/h7-8,10-12,16H,4-6,9,13-15,17-18H2,1-3H3. The van der Waals surface area contributed by atoms with Gasteiger partial charge in [0.25, 0.3) is 5.91 Å². The van der Waals surface area contributed by atoms with Crippen molar-refractivity contribution in [3.05, 3.63) is 48.2 Å². The van der Waals surface area contributed by atoms with Gasteiger partial charge in [-0.1, -0.05) is 13.3 Å². The van der Waals surface area contributed by atoms with Crippen LogP contribution in [0.15, 0.2) is 41.1 Å². The zero-order chi connectivity index (χ0) is 21.1. The lowest BCUT2D eigenvalue weighted by Gasteiger charge is -2.27. The molecule has 0 radical (unpaired) electrons. The van der Waals surface area contributed by atoms with Crippen molar-refractivity contribution in [1.29, 1.82) is 0 Å². The molecule has 0 bridgehead atoms. The van der Waals surface area contributed by atoms with Crippen LogP contribution in [0, 0.1) is 0 Å². The molecule has 160 valence electrons. The quantitative estimate of drug-likeness (QED) is 0.481. The Morgan fingerprint density at radius 2 is 1.90 bits per heavy atom. The van der Waals surface area contributed by atoms with Gasteiger partial charge in [0.15, 0.2) is 5.76 Å². The van der Waals surface area contributed by atoms with Crippen molar-refractivity contribution in [2.24, 2.45) is 7.05 Å². The van der Waals surface area contributed by atoms with E-state index in [0.717, 1.165) is 18.5 Å². The van der Waals surface area contributed by atoms with Crippen molar-refractivity contribution in [1.82, 2.24) is 14.4 Å². The molecular formula is C22H33N3O4. The molecule has 0 atom stereocenters. The van der Waals surface area contributed by atoms with Gasteiger partial charge >= 0.3 is 0 Å². The van der Waals surface area contributed by atoms with Crippen molar-refractivity contribution in [2.45, 2.75) is 39.7 Å². The van der Waals surface area contributed by atoms with Crippen LogP contribution in [0.5, 0.6) is 0 Å². The molecule has 29 heavy (non-hydrogen) atoms. The Morgan fingerprint density at radius 1 is 1.10 bits per heavy atom. The van der Waals surface area contributed by atoms with Gasteiger partial charge in [-0.05, 0) is 44.0 Å². The van der Waals surface area contributed by atoms with Crippen LogP contribution in [0.4, 0.5) is 0 Å². The van der Waals surface area contributed by atoms with Crippen molar-refractivity contribution in [2.75, 3.05) is 32.8 Å². The minimum atomic E-state index is -0.269. The highest BCUT2D eigenvalue weighted by atomic mass is 16.5. The smallest absolute Gasteiger partial charge is 0.290 e. The molecule has 2 amide bonds. The van der Waals surface area contributed by atoms with E-state index >= 15 is 0 Å². The fraction of sp³-hybridized carbons (Fsp3) is 0.545. The summed E-state index contributed by atoms with van der Waals surface area (Å²) in [4.78, 5) is 29.3. The number of hydrogen-bond acceptors (Lipinski definition) is 4. The fourth-order valence-electron chi connectivity index (χ4n) is 3.07. The number of carbonyl (C=O) groups excluding carboxylic acids is 2. The number of aryl methyl sites for hydroxylation is 1. The highest BCUT2D eigenvalue weighted by Crippen LogP contribution is 2.11. The number of hydrogen-bond donors (Lipinski definition) is 0. The highest BCUT2D eigenvalue weighted by Gasteiger charge is 2.24. The van der Waals surface area contributed by atoms with E-state index in [1.165, 1.54) is 6.26 Å². The van der Waals surface area contributed by atoms with Gasteiger partial charge < -0.3 is 23.5 Å². The number of ether oxygens (including phenoxy) is 1. The Balaban J connectivity index is 2.08. The first kappa shape index (κ1) is 22.7. The Morgan fingerprint density at radius 3 is 2.52 bits per heavy atom. The van der Waals surface area contributed by atoms with Crippen molar-refractivity contribution >= 4 is 11.8 Å². The second-order valence-corrected chi connectivity index (χ2v) is 7.03. The molecule has 2 rings (SSSR count). The van der Waals surface area contributed by atoms with E-state index in [9.17, 15) is 9.59 Å². The third-order valence-corrected chi connectivity index (χ3v) is 4.80. The van der Waals surface area contributed by atoms with Crippen LogP contribution < -0.4 is 0 Å². The van der Waals surface area contributed by atoms with Crippen molar-refractivity contribution in [3.8, 4) is 0 Å². The average Bonchev–Trinajstić information content (AvgIpc) is 3.39. The molecule has 0 unspecified atom stereocenters. The van der Waals surface area contributed by atoms with Gasteiger partial charge in [0.2, 0.25) is 5.91 Å². The number of unbranched alkanes of at least 4 members (excludes halogenated alkanes) is 1. The second-order valence-electron chi connectivity index (χ2n) is 7.03. The molecule has 0 aliphatic rings. The summed E-state index contributed by atoms with van der Waals surface area (Å²) in [5.74, 6) is -0.0816. The lowest BCUT2D eigenvalue weighted by molar-refractivity contribution is -0.132. The third-order valence-electron chi connectivity index (χ3n) is 4.80. The summed E-state index contributed by atoms with van der Waals surface area (Å²) >= 11 is 0. The number of nitrogens with zero attached hydrogens (tertiary/aromatic N) is 3. The molecule has 0 aromatic carbocycles. The zero-order valence-corrected chi connectivity index (χ0v) is 17.8. The normalized spacial score (nSPS) is 10.9. The van der Waals surface area contributed by atoms with E-state index < -0.39 is 0 Å². The van der Waals surface area contributed by atoms with E-state index in [1.54, 1.807) is 17.0 Å². The van der Waals surface area contributed by atoms with Gasteiger partial charge in [0.05, 0.1) is 12.8 Å². The van der Waals surface area contributed by atoms with Gasteiger partial charge in [-0.2, -0.15) is 0 Å². The fourth-order valence-corrected chi connectivity index (χ4v) is 3.07. The van der Waals surface area contributed by atoms with Gasteiger partial charge in [-0.3, -0.25) is 9.59 Å². The Hall–Kier alpha value is -2.54. The summed E-state index contributed by atoms with van der Waals surface area (Å²) in [5.41, 5.74) is 1.06. The van der Waals surface area contributed by atoms with Crippen molar-refractivity contribution < 1.29 is 18.7 Å². The predicted octanol–water partition coefficient (Wildman–Crippen LogP) is 3.32. The van der Waals surface area contributed by atoms with Gasteiger partial charge in [-0.15, -0.1) is 0 Å². The molecule has 0 fully saturated rings. The SMILES string of the molecule is CCCCN(Cc1cccn1C)C(=O)CN(CCCOCC)C(=O)c1ccco1. The van der Waals surface area contributed by atoms with E-state index in [4.69, 9.17) is 9.15 Å². The molecule has 0 aliphatic heterocycles. The number of amides is 2. The van der Waals surface area contributed by atoms with Crippen LogP contribution in [-0.2, 0) is 23.1 Å². The number of furan rings is 1. The molecule has 7 heteroatoms. The maximum Gasteiger partial charge on any atom is 0.290 e. The van der Waals surface area contributed by atoms with Gasteiger partial charge in [-0.25, -0.2) is 0 Å². The molecule has 0 aliphatic carbocycles. The first-order valence-corrected chi connectivity index (χ1v) is 10.3. The molecule has 0 spiro atoms. The Bertz CT molecular complexity index is 739. The maximum atomic E-state index is 13.1. The van der Waals surface area contributed by atoms with E-state index in [1.807, 2.05) is 41.8 Å². The summed E-state index contributed by atoms with van der Waals surface area (Å²) in [6.45, 7) is 6.89. The average molecular weight is 404 g/mol. The third kappa shape index (κ3) is 7.09. The lowest BCUT2D eigenvalue weighted by atomic mass is 10.2. The predicted molar refractivity (Wildman–Crippen MR) is 111 cm³/mol. The molecule has 7 nitrogen and oxygen atoms in total. The Labute approximate surface area is 173 Å². The van der Waals surface area contributed by atoms with Gasteiger partial charge in [0.1, 0.15) is 6.54 Å². The van der Waals surface area contributed by atoms with Crippen LogP contribution in [0.25, 0.3) is 0 Å². The van der Waals surface area contributed by atoms with Crippen LogP contribution in [0.1, 0.15) is 49.4 Å².